The van der Waals surface area contributed by atoms with E-state index in [1.54, 1.807) is 29.3 Å². The summed E-state index contributed by atoms with van der Waals surface area (Å²) in [6, 6.07) is 2.01. The van der Waals surface area contributed by atoms with Crippen LogP contribution in [0.15, 0.2) is 16.6 Å². The summed E-state index contributed by atoms with van der Waals surface area (Å²) in [5, 5.41) is 16.3. The number of nitrogens with zero attached hydrogens (tertiary/aromatic N) is 4. The van der Waals surface area contributed by atoms with Crippen LogP contribution >= 0.6 is 23.1 Å². The van der Waals surface area contributed by atoms with Crippen molar-refractivity contribution in [2.24, 2.45) is 7.05 Å². The summed E-state index contributed by atoms with van der Waals surface area (Å²) in [5.74, 6) is 0.872. The Morgan fingerprint density at radius 1 is 1.50 bits per heavy atom. The maximum absolute atomic E-state index is 4.12. The molecule has 0 bridgehead atoms. The Balaban J connectivity index is 1.92. The van der Waals surface area contributed by atoms with Gasteiger partial charge in [0, 0.05) is 31.2 Å². The van der Waals surface area contributed by atoms with Gasteiger partial charge in [0.25, 0.3) is 0 Å². The van der Waals surface area contributed by atoms with Crippen molar-refractivity contribution < 1.29 is 0 Å². The van der Waals surface area contributed by atoms with Gasteiger partial charge in [-0.05, 0) is 13.0 Å². The largest absolute Gasteiger partial charge is 0.360 e. The number of aryl methyl sites for hydroxylation is 1. The van der Waals surface area contributed by atoms with Crippen LogP contribution in [0.4, 0.5) is 5.13 Å². The third kappa shape index (κ3) is 2.73. The lowest BCUT2D eigenvalue weighted by Gasteiger charge is -1.98. The number of aromatic nitrogens is 4. The second-order valence-electron chi connectivity index (χ2n) is 3.14. The lowest BCUT2D eigenvalue weighted by atomic mass is 10.5. The fraction of sp³-hybridized carbons (Fsp3) is 0.444. The minimum atomic E-state index is 0.872. The molecule has 0 radical (unpaired) electrons. The van der Waals surface area contributed by atoms with Crippen molar-refractivity contribution in [3.63, 3.8) is 0 Å². The fourth-order valence-electron chi connectivity index (χ4n) is 1.17. The van der Waals surface area contributed by atoms with Crippen LogP contribution in [0.25, 0.3) is 0 Å². The van der Waals surface area contributed by atoms with E-state index in [1.807, 2.05) is 24.7 Å². The van der Waals surface area contributed by atoms with Gasteiger partial charge in [0.05, 0.1) is 0 Å². The van der Waals surface area contributed by atoms with E-state index >= 15 is 0 Å². The first-order valence-electron chi connectivity index (χ1n) is 4.96. The first-order chi connectivity index (χ1) is 7.79. The van der Waals surface area contributed by atoms with Gasteiger partial charge in [0.15, 0.2) is 4.34 Å². The lowest BCUT2D eigenvalue weighted by molar-refractivity contribution is 0.736. The summed E-state index contributed by atoms with van der Waals surface area (Å²) in [4.78, 5) is 0. The molecule has 5 nitrogen and oxygen atoms in total. The Kier molecular flexibility index (Phi) is 3.79. The highest BCUT2D eigenvalue weighted by atomic mass is 32.2. The number of rotatable bonds is 5. The van der Waals surface area contributed by atoms with Gasteiger partial charge in [0.2, 0.25) is 5.13 Å². The third-order valence-electron chi connectivity index (χ3n) is 2.00. The van der Waals surface area contributed by atoms with Crippen LogP contribution in [0.2, 0.25) is 0 Å². The van der Waals surface area contributed by atoms with Crippen molar-refractivity contribution in [3.8, 4) is 0 Å². The minimum Gasteiger partial charge on any atom is -0.360 e. The summed E-state index contributed by atoms with van der Waals surface area (Å²) >= 11 is 3.27. The standard InChI is InChI=1S/C9H13N5S2/c1-3-10-8-12-13-9(16-8)15-6-7-4-5-11-14(7)2/h4-5H,3,6H2,1-2H3,(H,10,12). The molecule has 0 aliphatic carbocycles. The molecule has 0 amide bonds. The Bertz CT molecular complexity index is 450. The molecular weight excluding hydrogens is 242 g/mol. The SMILES string of the molecule is CCNc1nnc(SCc2ccnn2C)s1. The molecule has 2 heterocycles. The minimum absolute atomic E-state index is 0.872. The van der Waals surface area contributed by atoms with Crippen molar-refractivity contribution >= 4 is 28.2 Å². The molecule has 86 valence electrons. The summed E-state index contributed by atoms with van der Waals surface area (Å²) in [6.07, 6.45) is 1.81. The molecular formula is C9H13N5S2. The van der Waals surface area contributed by atoms with E-state index in [4.69, 9.17) is 0 Å². The topological polar surface area (TPSA) is 55.6 Å². The maximum Gasteiger partial charge on any atom is 0.206 e. The molecule has 0 unspecified atom stereocenters. The molecule has 0 aliphatic heterocycles. The van der Waals surface area contributed by atoms with Crippen molar-refractivity contribution in [1.29, 1.82) is 0 Å². The highest BCUT2D eigenvalue weighted by Gasteiger charge is 2.05. The van der Waals surface area contributed by atoms with Crippen molar-refractivity contribution in [2.75, 3.05) is 11.9 Å². The quantitative estimate of drug-likeness (QED) is 0.828. The monoisotopic (exact) mass is 255 g/mol. The predicted octanol–water partition coefficient (Wildman–Crippen LogP) is 2.00. The van der Waals surface area contributed by atoms with Gasteiger partial charge in [-0.25, -0.2) is 0 Å². The average molecular weight is 255 g/mol. The van der Waals surface area contributed by atoms with E-state index in [-0.39, 0.29) is 0 Å². The van der Waals surface area contributed by atoms with Crippen molar-refractivity contribution in [2.45, 2.75) is 17.0 Å². The van der Waals surface area contributed by atoms with E-state index in [0.717, 1.165) is 21.8 Å². The molecule has 0 aromatic carbocycles. The van der Waals surface area contributed by atoms with Crippen LogP contribution in [-0.2, 0) is 12.8 Å². The zero-order valence-electron chi connectivity index (χ0n) is 9.17. The summed E-state index contributed by atoms with van der Waals surface area (Å²) in [7, 11) is 1.94. The smallest absolute Gasteiger partial charge is 0.206 e. The summed E-state index contributed by atoms with van der Waals surface area (Å²) in [6.45, 7) is 2.92. The van der Waals surface area contributed by atoms with Gasteiger partial charge < -0.3 is 5.32 Å². The first kappa shape index (κ1) is 11.4. The molecule has 2 aromatic rings. The Morgan fingerprint density at radius 3 is 3.06 bits per heavy atom. The summed E-state index contributed by atoms with van der Waals surface area (Å²) in [5.41, 5.74) is 1.19. The molecule has 0 atom stereocenters. The highest BCUT2D eigenvalue weighted by Crippen LogP contribution is 2.27. The highest BCUT2D eigenvalue weighted by molar-refractivity contribution is 8.00. The molecule has 0 fully saturated rings. The van der Waals surface area contributed by atoms with E-state index in [9.17, 15) is 0 Å². The Hall–Kier alpha value is -1.08. The molecule has 7 heteroatoms. The first-order valence-corrected chi connectivity index (χ1v) is 6.77. The molecule has 0 aliphatic rings. The van der Waals surface area contributed by atoms with Gasteiger partial charge in [0.1, 0.15) is 0 Å². The molecule has 16 heavy (non-hydrogen) atoms. The lowest BCUT2D eigenvalue weighted by Crippen LogP contribution is -1.95. The van der Waals surface area contributed by atoms with Crippen molar-refractivity contribution in [3.05, 3.63) is 18.0 Å². The second-order valence-corrected chi connectivity index (χ2v) is 5.34. The van der Waals surface area contributed by atoms with Gasteiger partial charge >= 0.3 is 0 Å². The van der Waals surface area contributed by atoms with E-state index < -0.39 is 0 Å². The molecule has 2 rings (SSSR count). The molecule has 1 N–H and O–H groups in total. The van der Waals surface area contributed by atoms with Crippen LogP contribution < -0.4 is 5.32 Å². The van der Waals surface area contributed by atoms with Gasteiger partial charge in [-0.3, -0.25) is 4.68 Å². The van der Waals surface area contributed by atoms with Gasteiger partial charge in [-0.15, -0.1) is 10.2 Å². The van der Waals surface area contributed by atoms with Crippen molar-refractivity contribution in [1.82, 2.24) is 20.0 Å². The summed E-state index contributed by atoms with van der Waals surface area (Å²) < 4.78 is 2.86. The zero-order valence-corrected chi connectivity index (χ0v) is 10.8. The van der Waals surface area contributed by atoms with E-state index in [0.29, 0.717) is 0 Å². The predicted molar refractivity (Wildman–Crippen MR) is 66.8 cm³/mol. The van der Waals surface area contributed by atoms with Crippen LogP contribution in [0.3, 0.4) is 0 Å². The maximum atomic E-state index is 4.12. The number of anilines is 1. The number of thioether (sulfide) groups is 1. The number of hydrogen-bond acceptors (Lipinski definition) is 6. The van der Waals surface area contributed by atoms with Gasteiger partial charge in [-0.2, -0.15) is 5.10 Å². The fourth-order valence-corrected chi connectivity index (χ4v) is 3.02. The van der Waals surface area contributed by atoms with Gasteiger partial charge in [-0.1, -0.05) is 23.1 Å². The van der Waals surface area contributed by atoms with E-state index in [1.165, 1.54) is 5.69 Å². The zero-order chi connectivity index (χ0) is 11.4. The average Bonchev–Trinajstić information content (AvgIpc) is 2.86. The molecule has 0 saturated carbocycles. The molecule has 0 spiro atoms. The molecule has 0 saturated heterocycles. The Morgan fingerprint density at radius 2 is 2.38 bits per heavy atom. The number of nitrogens with one attached hydrogen (secondary N) is 1. The second kappa shape index (κ2) is 5.31. The number of hydrogen-bond donors (Lipinski definition) is 1. The molecule has 2 aromatic heterocycles. The Labute approximate surface area is 102 Å². The van der Waals surface area contributed by atoms with Crippen LogP contribution in [0.1, 0.15) is 12.6 Å². The van der Waals surface area contributed by atoms with Crippen LogP contribution in [0.5, 0.6) is 0 Å². The van der Waals surface area contributed by atoms with Crippen LogP contribution in [0, 0.1) is 0 Å². The third-order valence-corrected chi connectivity index (χ3v) is 4.05. The normalized spacial score (nSPS) is 10.6. The van der Waals surface area contributed by atoms with Crippen LogP contribution in [-0.4, -0.2) is 26.5 Å². The van der Waals surface area contributed by atoms with E-state index in [2.05, 4.69) is 20.6 Å².